The van der Waals surface area contributed by atoms with Gasteiger partial charge in [0.05, 0.1) is 7.11 Å². The lowest BCUT2D eigenvalue weighted by molar-refractivity contribution is 0.0979. The number of hydrogen-bond acceptors (Lipinski definition) is 2. The predicted molar refractivity (Wildman–Crippen MR) is 66.1 cm³/mol. The molecule has 0 fully saturated rings. The second-order valence-corrected chi connectivity index (χ2v) is 3.97. The van der Waals surface area contributed by atoms with Gasteiger partial charge in [-0.25, -0.2) is 0 Å². The van der Waals surface area contributed by atoms with Crippen LogP contribution in [-0.2, 0) is 0 Å². The molecule has 0 saturated heterocycles. The zero-order chi connectivity index (χ0) is 11.8. The van der Waals surface area contributed by atoms with E-state index in [0.717, 1.165) is 24.2 Å². The molecule has 0 heterocycles. The lowest BCUT2D eigenvalue weighted by Gasteiger charge is -2.03. The molecule has 88 valence electrons. The molecule has 0 spiro atoms. The molecule has 0 aliphatic carbocycles. The first-order valence-electron chi connectivity index (χ1n) is 5.95. The Morgan fingerprint density at radius 1 is 1.25 bits per heavy atom. The molecule has 0 aliphatic rings. The fraction of sp³-hybridized carbons (Fsp3) is 0.500. The SMILES string of the molecule is CCCCCCC(=O)c1cccc(OC)c1. The lowest BCUT2D eigenvalue weighted by Crippen LogP contribution is -1.99. The summed E-state index contributed by atoms with van der Waals surface area (Å²) >= 11 is 0. The minimum atomic E-state index is 0.218. The first kappa shape index (κ1) is 12.8. The molecule has 2 nitrogen and oxygen atoms in total. The molecule has 16 heavy (non-hydrogen) atoms. The van der Waals surface area contributed by atoms with E-state index < -0.39 is 0 Å². The molecule has 1 rings (SSSR count). The van der Waals surface area contributed by atoms with Crippen molar-refractivity contribution in [2.75, 3.05) is 7.11 Å². The van der Waals surface area contributed by atoms with Gasteiger partial charge < -0.3 is 4.74 Å². The number of ether oxygens (including phenoxy) is 1. The lowest BCUT2D eigenvalue weighted by atomic mass is 10.0. The van der Waals surface area contributed by atoms with Gasteiger partial charge in [-0.2, -0.15) is 0 Å². The molecule has 2 heteroatoms. The summed E-state index contributed by atoms with van der Waals surface area (Å²) in [7, 11) is 1.62. The first-order valence-corrected chi connectivity index (χ1v) is 5.95. The van der Waals surface area contributed by atoms with Crippen molar-refractivity contribution in [3.8, 4) is 5.75 Å². The van der Waals surface area contributed by atoms with Crippen molar-refractivity contribution in [3.63, 3.8) is 0 Å². The third kappa shape index (κ3) is 4.05. The molecule has 0 amide bonds. The highest BCUT2D eigenvalue weighted by molar-refractivity contribution is 5.96. The van der Waals surface area contributed by atoms with Crippen LogP contribution in [0.3, 0.4) is 0 Å². The van der Waals surface area contributed by atoms with Crippen molar-refractivity contribution >= 4 is 5.78 Å². The number of ketones is 1. The highest BCUT2D eigenvalue weighted by Gasteiger charge is 2.06. The van der Waals surface area contributed by atoms with Gasteiger partial charge >= 0.3 is 0 Å². The molecule has 1 aromatic carbocycles. The number of methoxy groups -OCH3 is 1. The largest absolute Gasteiger partial charge is 0.497 e. The van der Waals surface area contributed by atoms with Crippen molar-refractivity contribution in [1.82, 2.24) is 0 Å². The van der Waals surface area contributed by atoms with Crippen LogP contribution in [0.15, 0.2) is 24.3 Å². The van der Waals surface area contributed by atoms with Crippen molar-refractivity contribution in [1.29, 1.82) is 0 Å². The van der Waals surface area contributed by atoms with Crippen LogP contribution in [0, 0.1) is 0 Å². The molecule has 0 aromatic heterocycles. The molecule has 0 aliphatic heterocycles. The van der Waals surface area contributed by atoms with Gasteiger partial charge in [-0.15, -0.1) is 0 Å². The summed E-state index contributed by atoms with van der Waals surface area (Å²) < 4.78 is 5.10. The van der Waals surface area contributed by atoms with Crippen molar-refractivity contribution in [2.24, 2.45) is 0 Å². The molecule has 0 atom stereocenters. The maximum atomic E-state index is 11.8. The van der Waals surface area contributed by atoms with Crippen molar-refractivity contribution < 1.29 is 9.53 Å². The van der Waals surface area contributed by atoms with Gasteiger partial charge in [-0.1, -0.05) is 38.3 Å². The van der Waals surface area contributed by atoms with Crippen LogP contribution in [0.2, 0.25) is 0 Å². The zero-order valence-corrected chi connectivity index (χ0v) is 10.2. The number of Topliss-reactive ketones (excluding diaryl/α,β-unsaturated/α-hetero) is 1. The van der Waals surface area contributed by atoms with Crippen LogP contribution in [0.1, 0.15) is 49.4 Å². The number of carbonyl (C=O) groups excluding carboxylic acids is 1. The monoisotopic (exact) mass is 220 g/mol. The summed E-state index contributed by atoms with van der Waals surface area (Å²) in [5.41, 5.74) is 0.760. The van der Waals surface area contributed by atoms with E-state index in [4.69, 9.17) is 4.74 Å². The minimum Gasteiger partial charge on any atom is -0.497 e. The Kier molecular flexibility index (Phi) is 5.62. The third-order valence-corrected chi connectivity index (χ3v) is 2.65. The summed E-state index contributed by atoms with van der Waals surface area (Å²) in [6.45, 7) is 2.17. The van der Waals surface area contributed by atoms with Crippen LogP contribution in [-0.4, -0.2) is 12.9 Å². The van der Waals surface area contributed by atoms with E-state index in [-0.39, 0.29) is 5.78 Å². The second-order valence-electron chi connectivity index (χ2n) is 3.97. The Morgan fingerprint density at radius 3 is 2.75 bits per heavy atom. The highest BCUT2D eigenvalue weighted by atomic mass is 16.5. The van der Waals surface area contributed by atoms with E-state index in [9.17, 15) is 4.79 Å². The highest BCUT2D eigenvalue weighted by Crippen LogP contribution is 2.15. The van der Waals surface area contributed by atoms with Gasteiger partial charge in [-0.3, -0.25) is 4.79 Å². The summed E-state index contributed by atoms with van der Waals surface area (Å²) in [5.74, 6) is 0.967. The fourth-order valence-corrected chi connectivity index (χ4v) is 1.65. The fourth-order valence-electron chi connectivity index (χ4n) is 1.65. The molecular weight excluding hydrogens is 200 g/mol. The minimum absolute atomic E-state index is 0.218. The Bertz CT molecular complexity index is 331. The Balaban J connectivity index is 2.46. The predicted octanol–water partition coefficient (Wildman–Crippen LogP) is 3.85. The standard InChI is InChI=1S/C14H20O2/c1-3-4-5-6-10-14(15)12-8-7-9-13(11-12)16-2/h7-9,11H,3-6,10H2,1-2H3. The molecule has 0 N–H and O–H groups in total. The van der Waals surface area contributed by atoms with E-state index in [1.54, 1.807) is 7.11 Å². The number of benzene rings is 1. The summed E-state index contributed by atoms with van der Waals surface area (Å²) in [4.78, 5) is 11.8. The number of unbranched alkanes of at least 4 members (excludes halogenated alkanes) is 3. The summed E-state index contributed by atoms with van der Waals surface area (Å²) in [6, 6.07) is 7.37. The number of hydrogen-bond donors (Lipinski definition) is 0. The van der Waals surface area contributed by atoms with E-state index in [1.165, 1.54) is 12.8 Å². The van der Waals surface area contributed by atoms with Crippen LogP contribution in [0.4, 0.5) is 0 Å². The Labute approximate surface area is 97.6 Å². The molecule has 0 bridgehead atoms. The van der Waals surface area contributed by atoms with E-state index in [1.807, 2.05) is 24.3 Å². The van der Waals surface area contributed by atoms with Gasteiger partial charge in [0.15, 0.2) is 5.78 Å². The zero-order valence-electron chi connectivity index (χ0n) is 10.2. The van der Waals surface area contributed by atoms with Crippen LogP contribution in [0.25, 0.3) is 0 Å². The van der Waals surface area contributed by atoms with Gasteiger partial charge in [0, 0.05) is 12.0 Å². The summed E-state index contributed by atoms with van der Waals surface area (Å²) in [6.07, 6.45) is 5.20. The number of carbonyl (C=O) groups is 1. The maximum absolute atomic E-state index is 11.8. The molecular formula is C14H20O2. The Morgan fingerprint density at radius 2 is 2.06 bits per heavy atom. The van der Waals surface area contributed by atoms with Gasteiger partial charge in [0.2, 0.25) is 0 Å². The number of rotatable bonds is 7. The van der Waals surface area contributed by atoms with Crippen molar-refractivity contribution in [2.45, 2.75) is 39.0 Å². The maximum Gasteiger partial charge on any atom is 0.163 e. The van der Waals surface area contributed by atoms with Crippen molar-refractivity contribution in [3.05, 3.63) is 29.8 Å². The summed E-state index contributed by atoms with van der Waals surface area (Å²) in [5, 5.41) is 0. The van der Waals surface area contributed by atoms with Gasteiger partial charge in [-0.05, 0) is 18.6 Å². The second kappa shape index (κ2) is 7.04. The van der Waals surface area contributed by atoms with Gasteiger partial charge in [0.25, 0.3) is 0 Å². The van der Waals surface area contributed by atoms with Crippen LogP contribution in [0.5, 0.6) is 5.75 Å². The van der Waals surface area contributed by atoms with Crippen LogP contribution < -0.4 is 4.74 Å². The molecule has 0 unspecified atom stereocenters. The van der Waals surface area contributed by atoms with E-state index in [0.29, 0.717) is 6.42 Å². The average Bonchev–Trinajstić information content (AvgIpc) is 2.34. The topological polar surface area (TPSA) is 26.3 Å². The average molecular weight is 220 g/mol. The smallest absolute Gasteiger partial charge is 0.163 e. The Hall–Kier alpha value is -1.31. The normalized spacial score (nSPS) is 10.1. The quantitative estimate of drug-likeness (QED) is 0.515. The third-order valence-electron chi connectivity index (χ3n) is 2.65. The van der Waals surface area contributed by atoms with Gasteiger partial charge in [0.1, 0.15) is 5.75 Å². The molecule has 1 aromatic rings. The molecule has 0 radical (unpaired) electrons. The van der Waals surface area contributed by atoms with Crippen LogP contribution >= 0.6 is 0 Å². The first-order chi connectivity index (χ1) is 7.77. The van der Waals surface area contributed by atoms with E-state index >= 15 is 0 Å². The molecule has 0 saturated carbocycles. The van der Waals surface area contributed by atoms with E-state index in [2.05, 4.69) is 6.92 Å².